The first kappa shape index (κ1) is 19.3. The van der Waals surface area contributed by atoms with Gasteiger partial charge in [0.05, 0.1) is 10.9 Å². The van der Waals surface area contributed by atoms with Crippen LogP contribution in [0.2, 0.25) is 0 Å². The number of sulfonamides is 1. The average Bonchev–Trinajstić information content (AvgIpc) is 3.09. The standard InChI is InChI=1S/C17H20N2O4S2/c1-12(16-7-4-10-24-16)19-17(21)8-9-18-25(22,23)15-6-3-5-14(11-15)13(2)20/h3-7,10-12,18H,8-9H2,1-2H3,(H,19,21). The Morgan fingerprint density at radius 1 is 1.20 bits per heavy atom. The van der Waals surface area contributed by atoms with Gasteiger partial charge in [-0.1, -0.05) is 18.2 Å². The van der Waals surface area contributed by atoms with Crippen molar-refractivity contribution < 1.29 is 18.0 Å². The maximum absolute atomic E-state index is 12.2. The van der Waals surface area contributed by atoms with E-state index in [0.29, 0.717) is 5.56 Å². The average molecular weight is 380 g/mol. The van der Waals surface area contributed by atoms with Crippen LogP contribution in [0.25, 0.3) is 0 Å². The molecule has 1 aromatic carbocycles. The number of rotatable bonds is 8. The lowest BCUT2D eigenvalue weighted by atomic mass is 10.2. The van der Waals surface area contributed by atoms with Crippen LogP contribution in [0.15, 0.2) is 46.7 Å². The van der Waals surface area contributed by atoms with E-state index in [1.165, 1.54) is 25.1 Å². The van der Waals surface area contributed by atoms with Crippen LogP contribution in [-0.4, -0.2) is 26.7 Å². The second-order valence-electron chi connectivity index (χ2n) is 5.54. The van der Waals surface area contributed by atoms with Crippen LogP contribution >= 0.6 is 11.3 Å². The Morgan fingerprint density at radius 3 is 2.60 bits per heavy atom. The number of ketones is 1. The molecule has 2 N–H and O–H groups in total. The molecule has 2 aromatic rings. The van der Waals surface area contributed by atoms with Gasteiger partial charge >= 0.3 is 0 Å². The third kappa shape index (κ3) is 5.48. The summed E-state index contributed by atoms with van der Waals surface area (Å²) in [5.74, 6) is -0.444. The maximum atomic E-state index is 12.2. The molecule has 0 radical (unpaired) electrons. The van der Waals surface area contributed by atoms with E-state index in [-0.39, 0.29) is 35.6 Å². The van der Waals surface area contributed by atoms with Gasteiger partial charge in [-0.25, -0.2) is 13.1 Å². The summed E-state index contributed by atoms with van der Waals surface area (Å²) in [6.07, 6.45) is 0.0291. The van der Waals surface area contributed by atoms with E-state index in [9.17, 15) is 18.0 Å². The zero-order chi connectivity index (χ0) is 18.4. The lowest BCUT2D eigenvalue weighted by Gasteiger charge is -2.12. The van der Waals surface area contributed by atoms with Crippen molar-refractivity contribution in [2.24, 2.45) is 0 Å². The summed E-state index contributed by atoms with van der Waals surface area (Å²) in [6, 6.07) is 9.53. The number of Topliss-reactive ketones (excluding diaryl/α,β-unsaturated/α-hetero) is 1. The van der Waals surface area contributed by atoms with Gasteiger partial charge in [0, 0.05) is 23.4 Å². The molecule has 0 aliphatic carbocycles. The summed E-state index contributed by atoms with van der Waals surface area (Å²) in [4.78, 5) is 24.3. The molecule has 0 bridgehead atoms. The molecule has 0 fully saturated rings. The third-order valence-electron chi connectivity index (χ3n) is 3.54. The number of carbonyl (C=O) groups excluding carboxylic acids is 2. The monoisotopic (exact) mass is 380 g/mol. The maximum Gasteiger partial charge on any atom is 0.240 e. The van der Waals surface area contributed by atoms with Gasteiger partial charge in [0.1, 0.15) is 0 Å². The van der Waals surface area contributed by atoms with E-state index in [4.69, 9.17) is 0 Å². The molecule has 134 valence electrons. The molecular weight excluding hydrogens is 360 g/mol. The van der Waals surface area contributed by atoms with E-state index in [1.54, 1.807) is 17.4 Å². The minimum absolute atomic E-state index is 0.00700. The van der Waals surface area contributed by atoms with Crippen LogP contribution in [0.3, 0.4) is 0 Å². The van der Waals surface area contributed by atoms with Crippen molar-refractivity contribution in [3.05, 3.63) is 52.2 Å². The van der Waals surface area contributed by atoms with E-state index in [0.717, 1.165) is 4.88 Å². The SMILES string of the molecule is CC(=O)c1cccc(S(=O)(=O)NCCC(=O)NC(C)c2cccs2)c1. The summed E-state index contributed by atoms with van der Waals surface area (Å²) in [6.45, 7) is 3.23. The number of amides is 1. The second-order valence-corrected chi connectivity index (χ2v) is 8.28. The second kappa shape index (κ2) is 8.37. The lowest BCUT2D eigenvalue weighted by Crippen LogP contribution is -2.32. The van der Waals surface area contributed by atoms with E-state index >= 15 is 0 Å². The molecule has 6 nitrogen and oxygen atoms in total. The molecule has 8 heteroatoms. The fourth-order valence-corrected chi connectivity index (χ4v) is 4.00. The molecule has 0 saturated carbocycles. The van der Waals surface area contributed by atoms with Crippen molar-refractivity contribution in [3.8, 4) is 0 Å². The van der Waals surface area contributed by atoms with Gasteiger partial charge in [-0.15, -0.1) is 11.3 Å². The van der Waals surface area contributed by atoms with Crippen molar-refractivity contribution in [1.29, 1.82) is 0 Å². The molecule has 25 heavy (non-hydrogen) atoms. The molecule has 0 saturated heterocycles. The Hall–Kier alpha value is -2.03. The lowest BCUT2D eigenvalue weighted by molar-refractivity contribution is -0.121. The quantitative estimate of drug-likeness (QED) is 0.688. The summed E-state index contributed by atoms with van der Waals surface area (Å²) in [7, 11) is -3.76. The van der Waals surface area contributed by atoms with E-state index in [1.807, 2.05) is 24.4 Å². The molecule has 0 aliphatic heterocycles. The predicted molar refractivity (Wildman–Crippen MR) is 97.1 cm³/mol. The molecule has 2 rings (SSSR count). The smallest absolute Gasteiger partial charge is 0.240 e. The van der Waals surface area contributed by atoms with Crippen molar-refractivity contribution in [2.75, 3.05) is 6.54 Å². The predicted octanol–water partition coefficient (Wildman–Crippen LogP) is 2.50. The van der Waals surface area contributed by atoms with Crippen molar-refractivity contribution >= 4 is 33.1 Å². The Morgan fingerprint density at radius 2 is 1.96 bits per heavy atom. The van der Waals surface area contributed by atoms with Crippen LogP contribution in [0.5, 0.6) is 0 Å². The van der Waals surface area contributed by atoms with Crippen molar-refractivity contribution in [3.63, 3.8) is 0 Å². The number of hydrogen-bond donors (Lipinski definition) is 2. The number of carbonyl (C=O) groups is 2. The Bertz CT molecular complexity index is 845. The number of hydrogen-bond acceptors (Lipinski definition) is 5. The van der Waals surface area contributed by atoms with Gasteiger partial charge in [0.15, 0.2) is 5.78 Å². The zero-order valence-electron chi connectivity index (χ0n) is 14.0. The van der Waals surface area contributed by atoms with Gasteiger partial charge in [0.25, 0.3) is 0 Å². The largest absolute Gasteiger partial charge is 0.349 e. The molecule has 1 aromatic heterocycles. The number of nitrogens with one attached hydrogen (secondary N) is 2. The first-order chi connectivity index (χ1) is 11.8. The highest BCUT2D eigenvalue weighted by atomic mass is 32.2. The highest BCUT2D eigenvalue weighted by molar-refractivity contribution is 7.89. The normalized spacial score (nSPS) is 12.6. The van der Waals surface area contributed by atoms with E-state index in [2.05, 4.69) is 10.0 Å². The van der Waals surface area contributed by atoms with Crippen LogP contribution in [0.4, 0.5) is 0 Å². The van der Waals surface area contributed by atoms with Gasteiger partial charge in [-0.05, 0) is 37.4 Å². The first-order valence-electron chi connectivity index (χ1n) is 7.73. The van der Waals surface area contributed by atoms with Crippen LogP contribution in [0, 0.1) is 0 Å². The Labute approximate surface area is 151 Å². The Balaban J connectivity index is 1.88. The fraction of sp³-hybridized carbons (Fsp3) is 0.294. The highest BCUT2D eigenvalue weighted by Gasteiger charge is 2.16. The number of benzene rings is 1. The molecular formula is C17H20N2O4S2. The van der Waals surface area contributed by atoms with Crippen molar-refractivity contribution in [1.82, 2.24) is 10.0 Å². The molecule has 1 unspecified atom stereocenters. The highest BCUT2D eigenvalue weighted by Crippen LogP contribution is 2.18. The summed E-state index contributed by atoms with van der Waals surface area (Å²) in [5.41, 5.74) is 0.324. The topological polar surface area (TPSA) is 92.3 Å². The summed E-state index contributed by atoms with van der Waals surface area (Å²) >= 11 is 1.55. The molecule has 1 amide bonds. The van der Waals surface area contributed by atoms with Gasteiger partial charge in [-0.2, -0.15) is 0 Å². The summed E-state index contributed by atoms with van der Waals surface area (Å²) in [5, 5.41) is 4.76. The van der Waals surface area contributed by atoms with E-state index < -0.39 is 10.0 Å². The molecule has 1 heterocycles. The molecule has 1 atom stereocenters. The zero-order valence-corrected chi connectivity index (χ0v) is 15.6. The minimum atomic E-state index is -3.76. The van der Waals surface area contributed by atoms with Crippen molar-refractivity contribution in [2.45, 2.75) is 31.2 Å². The number of thiophene rings is 1. The van der Waals surface area contributed by atoms with Gasteiger partial charge in [0.2, 0.25) is 15.9 Å². The third-order valence-corrected chi connectivity index (χ3v) is 6.06. The molecule has 0 aliphatic rings. The molecule has 0 spiro atoms. The van der Waals surface area contributed by atoms with Crippen LogP contribution in [-0.2, 0) is 14.8 Å². The Kier molecular flexibility index (Phi) is 6.46. The van der Waals surface area contributed by atoms with Crippen LogP contribution in [0.1, 0.15) is 41.5 Å². The summed E-state index contributed by atoms with van der Waals surface area (Å²) < 4.78 is 26.9. The van der Waals surface area contributed by atoms with Gasteiger partial charge < -0.3 is 5.32 Å². The van der Waals surface area contributed by atoms with Crippen LogP contribution < -0.4 is 10.0 Å². The fourth-order valence-electron chi connectivity index (χ4n) is 2.19. The first-order valence-corrected chi connectivity index (χ1v) is 10.1. The van der Waals surface area contributed by atoms with Gasteiger partial charge in [-0.3, -0.25) is 9.59 Å². The minimum Gasteiger partial charge on any atom is -0.349 e.